The number of ether oxygens (including phenoxy) is 1. The van der Waals surface area contributed by atoms with E-state index >= 15 is 0 Å². The van der Waals surface area contributed by atoms with Crippen molar-refractivity contribution in [3.8, 4) is 0 Å². The fourth-order valence-corrected chi connectivity index (χ4v) is 1.84. The molecule has 2 nitrogen and oxygen atoms in total. The Morgan fingerprint density at radius 1 is 1.06 bits per heavy atom. The van der Waals surface area contributed by atoms with Gasteiger partial charge in [0, 0.05) is 20.2 Å². The molecule has 0 unspecified atom stereocenters. The van der Waals surface area contributed by atoms with Crippen LogP contribution in [0.2, 0.25) is 0 Å². The largest absolute Gasteiger partial charge is 0.383 e. The average molecular weight is 215 g/mol. The summed E-state index contributed by atoms with van der Waals surface area (Å²) < 4.78 is 5.00. The van der Waals surface area contributed by atoms with Gasteiger partial charge in [0.05, 0.1) is 6.61 Å². The number of hydrogen-bond acceptors (Lipinski definition) is 2. The number of rotatable bonds is 5. The lowest BCUT2D eigenvalue weighted by Crippen LogP contribution is -2.18. The van der Waals surface area contributed by atoms with E-state index in [0.717, 1.165) is 19.7 Å². The second-order valence-corrected chi connectivity index (χ2v) is 3.81. The Kier molecular flexibility index (Phi) is 3.91. The maximum atomic E-state index is 5.00. The van der Waals surface area contributed by atoms with E-state index in [0.29, 0.717) is 0 Å². The Labute approximate surface area is 96.2 Å². The maximum Gasteiger partial charge on any atom is 0.0587 e. The van der Waals surface area contributed by atoms with Gasteiger partial charge in [-0.3, -0.25) is 0 Å². The van der Waals surface area contributed by atoms with Crippen LogP contribution >= 0.6 is 0 Å². The second-order valence-electron chi connectivity index (χ2n) is 3.81. The Balaban J connectivity index is 2.11. The molecule has 0 saturated heterocycles. The molecule has 0 atom stereocenters. The summed E-state index contributed by atoms with van der Waals surface area (Å²) >= 11 is 0. The number of fused-ring (bicyclic) bond motifs is 1. The first-order valence-corrected chi connectivity index (χ1v) is 5.58. The van der Waals surface area contributed by atoms with Crippen LogP contribution in [0.1, 0.15) is 5.56 Å². The van der Waals surface area contributed by atoms with Crippen LogP contribution in [0.25, 0.3) is 10.8 Å². The minimum absolute atomic E-state index is 0.755. The highest BCUT2D eigenvalue weighted by Gasteiger charge is 1.98. The van der Waals surface area contributed by atoms with Crippen molar-refractivity contribution in [2.75, 3.05) is 20.3 Å². The summed E-state index contributed by atoms with van der Waals surface area (Å²) in [5.74, 6) is 0. The summed E-state index contributed by atoms with van der Waals surface area (Å²) in [4.78, 5) is 0. The molecule has 0 aliphatic heterocycles. The lowest BCUT2D eigenvalue weighted by Gasteiger charge is -2.07. The van der Waals surface area contributed by atoms with Gasteiger partial charge in [-0.15, -0.1) is 0 Å². The van der Waals surface area contributed by atoms with E-state index in [1.54, 1.807) is 7.11 Å². The van der Waals surface area contributed by atoms with E-state index < -0.39 is 0 Å². The van der Waals surface area contributed by atoms with Gasteiger partial charge in [-0.1, -0.05) is 42.5 Å². The smallest absolute Gasteiger partial charge is 0.0587 e. The third kappa shape index (κ3) is 2.60. The van der Waals surface area contributed by atoms with Crippen molar-refractivity contribution < 1.29 is 4.74 Å². The van der Waals surface area contributed by atoms with Crippen LogP contribution < -0.4 is 5.32 Å². The first kappa shape index (κ1) is 11.1. The van der Waals surface area contributed by atoms with Crippen molar-refractivity contribution in [1.82, 2.24) is 5.32 Å². The zero-order chi connectivity index (χ0) is 11.2. The zero-order valence-electron chi connectivity index (χ0n) is 9.57. The van der Waals surface area contributed by atoms with Crippen molar-refractivity contribution in [2.24, 2.45) is 0 Å². The molecule has 0 amide bonds. The van der Waals surface area contributed by atoms with Gasteiger partial charge in [0.25, 0.3) is 0 Å². The van der Waals surface area contributed by atoms with Crippen molar-refractivity contribution >= 4 is 10.8 Å². The van der Waals surface area contributed by atoms with Gasteiger partial charge in [-0.25, -0.2) is 0 Å². The minimum Gasteiger partial charge on any atom is -0.383 e. The predicted octanol–water partition coefficient (Wildman–Crippen LogP) is 2.58. The monoisotopic (exact) mass is 215 g/mol. The van der Waals surface area contributed by atoms with Gasteiger partial charge in [0.15, 0.2) is 0 Å². The van der Waals surface area contributed by atoms with Crippen molar-refractivity contribution in [1.29, 1.82) is 0 Å². The summed E-state index contributed by atoms with van der Waals surface area (Å²) in [7, 11) is 1.72. The Morgan fingerprint density at radius 2 is 1.88 bits per heavy atom. The third-order valence-corrected chi connectivity index (χ3v) is 2.68. The molecule has 0 spiro atoms. The number of nitrogens with one attached hydrogen (secondary N) is 1. The quantitative estimate of drug-likeness (QED) is 0.774. The van der Waals surface area contributed by atoms with Crippen LogP contribution in [0.3, 0.4) is 0 Å². The molecule has 2 heteroatoms. The van der Waals surface area contributed by atoms with Crippen LogP contribution in [0.15, 0.2) is 42.5 Å². The van der Waals surface area contributed by atoms with Crippen LogP contribution in [-0.2, 0) is 11.3 Å². The molecule has 0 bridgehead atoms. The van der Waals surface area contributed by atoms with Gasteiger partial charge < -0.3 is 10.1 Å². The van der Waals surface area contributed by atoms with Gasteiger partial charge >= 0.3 is 0 Å². The lowest BCUT2D eigenvalue weighted by molar-refractivity contribution is 0.199. The average Bonchev–Trinajstić information content (AvgIpc) is 2.35. The van der Waals surface area contributed by atoms with Crippen LogP contribution in [-0.4, -0.2) is 20.3 Å². The number of benzene rings is 2. The van der Waals surface area contributed by atoms with Gasteiger partial charge in [-0.05, 0) is 16.3 Å². The molecular formula is C14H17NO. The summed E-state index contributed by atoms with van der Waals surface area (Å²) in [6.07, 6.45) is 0. The minimum atomic E-state index is 0.755. The summed E-state index contributed by atoms with van der Waals surface area (Å²) in [6, 6.07) is 14.9. The first-order valence-electron chi connectivity index (χ1n) is 5.58. The van der Waals surface area contributed by atoms with Crippen molar-refractivity contribution in [3.05, 3.63) is 48.0 Å². The number of hydrogen-bond donors (Lipinski definition) is 1. The van der Waals surface area contributed by atoms with Gasteiger partial charge in [0.1, 0.15) is 0 Å². The van der Waals surface area contributed by atoms with Crippen LogP contribution in [0.4, 0.5) is 0 Å². The van der Waals surface area contributed by atoms with Crippen LogP contribution in [0, 0.1) is 0 Å². The molecule has 84 valence electrons. The normalized spacial score (nSPS) is 10.8. The Hall–Kier alpha value is -1.38. The summed E-state index contributed by atoms with van der Waals surface area (Å²) in [5, 5.41) is 6.00. The highest BCUT2D eigenvalue weighted by molar-refractivity contribution is 5.85. The second kappa shape index (κ2) is 5.64. The molecule has 0 radical (unpaired) electrons. The van der Waals surface area contributed by atoms with E-state index in [9.17, 15) is 0 Å². The van der Waals surface area contributed by atoms with Crippen LogP contribution in [0.5, 0.6) is 0 Å². The fourth-order valence-electron chi connectivity index (χ4n) is 1.84. The molecule has 2 rings (SSSR count). The fraction of sp³-hybridized carbons (Fsp3) is 0.286. The summed E-state index contributed by atoms with van der Waals surface area (Å²) in [5.41, 5.74) is 1.34. The molecule has 1 N–H and O–H groups in total. The summed E-state index contributed by atoms with van der Waals surface area (Å²) in [6.45, 7) is 2.54. The topological polar surface area (TPSA) is 21.3 Å². The van der Waals surface area contributed by atoms with Crippen molar-refractivity contribution in [3.63, 3.8) is 0 Å². The molecular weight excluding hydrogens is 198 g/mol. The zero-order valence-corrected chi connectivity index (χ0v) is 9.57. The molecule has 0 fully saturated rings. The highest BCUT2D eigenvalue weighted by atomic mass is 16.5. The maximum absolute atomic E-state index is 5.00. The van der Waals surface area contributed by atoms with E-state index in [2.05, 4.69) is 47.8 Å². The SMILES string of the molecule is COCCNCc1cccc2ccccc12. The number of methoxy groups -OCH3 is 1. The first-order chi connectivity index (χ1) is 7.92. The third-order valence-electron chi connectivity index (χ3n) is 2.68. The van der Waals surface area contributed by atoms with Gasteiger partial charge in [-0.2, -0.15) is 0 Å². The molecule has 16 heavy (non-hydrogen) atoms. The molecule has 0 aliphatic carbocycles. The molecule has 0 saturated carbocycles. The Morgan fingerprint density at radius 3 is 2.75 bits per heavy atom. The van der Waals surface area contributed by atoms with E-state index in [-0.39, 0.29) is 0 Å². The van der Waals surface area contributed by atoms with E-state index in [1.165, 1.54) is 16.3 Å². The van der Waals surface area contributed by atoms with E-state index in [1.807, 2.05) is 0 Å². The predicted molar refractivity (Wildman–Crippen MR) is 67.5 cm³/mol. The molecule has 0 aliphatic rings. The van der Waals surface area contributed by atoms with Crippen molar-refractivity contribution in [2.45, 2.75) is 6.54 Å². The van der Waals surface area contributed by atoms with E-state index in [4.69, 9.17) is 4.74 Å². The molecule has 2 aromatic carbocycles. The van der Waals surface area contributed by atoms with Gasteiger partial charge in [0.2, 0.25) is 0 Å². The standard InChI is InChI=1S/C14H17NO/c1-16-10-9-15-11-13-7-4-6-12-5-2-3-8-14(12)13/h2-8,15H,9-11H2,1H3. The Bertz CT molecular complexity index is 448. The molecule has 0 aromatic heterocycles. The lowest BCUT2D eigenvalue weighted by atomic mass is 10.0. The molecule has 2 aromatic rings. The molecule has 0 heterocycles. The highest BCUT2D eigenvalue weighted by Crippen LogP contribution is 2.17.